The van der Waals surface area contributed by atoms with Crippen LogP contribution in [0, 0.1) is 25.1 Å². The maximum atomic E-state index is 13.4. The van der Waals surface area contributed by atoms with Crippen LogP contribution in [0.3, 0.4) is 0 Å². The molecule has 0 fully saturated rings. The Bertz CT molecular complexity index is 1340. The highest BCUT2D eigenvalue weighted by molar-refractivity contribution is 6.19. The summed E-state index contributed by atoms with van der Waals surface area (Å²) in [5, 5.41) is 4.67. The van der Waals surface area contributed by atoms with E-state index in [1.54, 1.807) is 50.5 Å². The van der Waals surface area contributed by atoms with E-state index in [-0.39, 0.29) is 24.1 Å². The van der Waals surface area contributed by atoms with Gasteiger partial charge in [0.1, 0.15) is 17.3 Å². The lowest BCUT2D eigenvalue weighted by Gasteiger charge is -2.13. The van der Waals surface area contributed by atoms with E-state index in [1.807, 2.05) is 0 Å². The van der Waals surface area contributed by atoms with Gasteiger partial charge >= 0.3 is 0 Å². The number of carbonyl (C=O) groups is 2. The third kappa shape index (κ3) is 3.60. The molecule has 4 aromatic rings. The van der Waals surface area contributed by atoms with Gasteiger partial charge in [-0.2, -0.15) is 0 Å². The molecule has 154 valence electrons. The number of aromatic nitrogens is 2. The highest BCUT2D eigenvalue weighted by Gasteiger charge is 2.25. The molecule has 0 aliphatic rings. The van der Waals surface area contributed by atoms with Crippen molar-refractivity contribution in [2.75, 3.05) is 13.6 Å². The van der Waals surface area contributed by atoms with E-state index in [0.717, 1.165) is 0 Å². The molecule has 0 aliphatic heterocycles. The molecular weight excluding hydrogens is 397 g/mol. The van der Waals surface area contributed by atoms with E-state index in [2.05, 4.69) is 16.1 Å². The smallest absolute Gasteiger partial charge is 0.254 e. The van der Waals surface area contributed by atoms with Gasteiger partial charge in [0.25, 0.3) is 5.91 Å². The molecule has 2 aromatic heterocycles. The number of benzene rings is 2. The highest BCUT2D eigenvalue weighted by atomic mass is 19.1. The minimum Gasteiger partial charge on any atom is -0.360 e. The Balaban J connectivity index is 1.73. The number of halogens is 1. The van der Waals surface area contributed by atoms with Gasteiger partial charge in [0.2, 0.25) is 5.78 Å². The highest BCUT2D eigenvalue weighted by Crippen LogP contribution is 2.30. The molecule has 4 rings (SSSR count). The number of aryl methyl sites for hydroxylation is 1. The number of fused-ring (bicyclic) bond motifs is 1. The molecular formula is C24H18FN3O3. The van der Waals surface area contributed by atoms with Crippen LogP contribution in [0.2, 0.25) is 0 Å². The summed E-state index contributed by atoms with van der Waals surface area (Å²) < 4.78 is 18.6. The van der Waals surface area contributed by atoms with Gasteiger partial charge in [-0.25, -0.2) is 4.39 Å². The number of H-pyrrole nitrogens is 1. The van der Waals surface area contributed by atoms with Crippen LogP contribution in [0.5, 0.6) is 0 Å². The Kier molecular flexibility index (Phi) is 5.14. The summed E-state index contributed by atoms with van der Waals surface area (Å²) in [4.78, 5) is 30.4. The van der Waals surface area contributed by atoms with Crippen LogP contribution in [-0.4, -0.2) is 40.3 Å². The average molecular weight is 415 g/mol. The van der Waals surface area contributed by atoms with Gasteiger partial charge in [0, 0.05) is 40.8 Å². The lowest BCUT2D eigenvalue weighted by molar-refractivity contribution is 0.0812. The van der Waals surface area contributed by atoms with E-state index in [0.29, 0.717) is 44.6 Å². The Morgan fingerprint density at radius 2 is 1.97 bits per heavy atom. The van der Waals surface area contributed by atoms with E-state index < -0.39 is 0 Å². The summed E-state index contributed by atoms with van der Waals surface area (Å²) in [7, 11) is 1.63. The van der Waals surface area contributed by atoms with Gasteiger partial charge in [-0.15, -0.1) is 6.42 Å². The minimum absolute atomic E-state index is 0.199. The second-order valence-corrected chi connectivity index (χ2v) is 7.13. The number of terminal acetylenes is 1. The van der Waals surface area contributed by atoms with Crippen molar-refractivity contribution in [1.29, 1.82) is 0 Å². The third-order valence-electron chi connectivity index (χ3n) is 5.06. The monoisotopic (exact) mass is 415 g/mol. The number of rotatable bonds is 5. The molecule has 0 saturated carbocycles. The standard InChI is InChI=1S/C24H18FN3O3/c1-4-11-28(3)24(30)16-7-10-18-19(13-26-20(18)12-16)23(29)21-14(2)31-27-22(21)15-5-8-17(25)9-6-15/h1,5-10,12-13,26H,11H2,2-3H3. The van der Waals surface area contributed by atoms with Crippen LogP contribution in [0.1, 0.15) is 32.0 Å². The Morgan fingerprint density at radius 1 is 1.23 bits per heavy atom. The van der Waals surface area contributed by atoms with Gasteiger partial charge in [0.05, 0.1) is 12.1 Å². The molecule has 0 atom stereocenters. The second kappa shape index (κ2) is 7.92. The minimum atomic E-state index is -0.383. The molecule has 31 heavy (non-hydrogen) atoms. The number of nitrogens with zero attached hydrogens (tertiary/aromatic N) is 2. The van der Waals surface area contributed by atoms with Crippen LogP contribution in [0.25, 0.3) is 22.2 Å². The van der Waals surface area contributed by atoms with Crippen LogP contribution in [-0.2, 0) is 0 Å². The van der Waals surface area contributed by atoms with Crippen molar-refractivity contribution in [2.24, 2.45) is 0 Å². The zero-order chi connectivity index (χ0) is 22.1. The Hall–Kier alpha value is -4.18. The van der Waals surface area contributed by atoms with Gasteiger partial charge < -0.3 is 14.4 Å². The van der Waals surface area contributed by atoms with Crippen molar-refractivity contribution in [1.82, 2.24) is 15.0 Å². The predicted octanol–water partition coefficient (Wildman–Crippen LogP) is 4.21. The Labute approximate surface area is 177 Å². The number of hydrogen-bond donors (Lipinski definition) is 1. The number of nitrogens with one attached hydrogen (secondary N) is 1. The van der Waals surface area contributed by atoms with Crippen LogP contribution < -0.4 is 0 Å². The van der Waals surface area contributed by atoms with E-state index in [1.165, 1.54) is 17.0 Å². The molecule has 0 spiro atoms. The summed E-state index contributed by atoms with van der Waals surface area (Å²) >= 11 is 0. The quantitative estimate of drug-likeness (QED) is 0.391. The van der Waals surface area contributed by atoms with Gasteiger partial charge in [-0.05, 0) is 43.3 Å². The summed E-state index contributed by atoms with van der Waals surface area (Å²) in [5.74, 6) is 1.92. The number of ketones is 1. The lowest BCUT2D eigenvalue weighted by Crippen LogP contribution is -2.26. The topological polar surface area (TPSA) is 79.2 Å². The molecule has 7 heteroatoms. The number of hydrogen-bond acceptors (Lipinski definition) is 4. The van der Waals surface area contributed by atoms with E-state index in [9.17, 15) is 14.0 Å². The van der Waals surface area contributed by atoms with Crippen molar-refractivity contribution < 1.29 is 18.5 Å². The van der Waals surface area contributed by atoms with Gasteiger partial charge in [-0.3, -0.25) is 9.59 Å². The molecule has 1 amide bonds. The molecule has 2 heterocycles. The summed E-state index contributed by atoms with van der Waals surface area (Å²) in [6.45, 7) is 1.85. The first-order chi connectivity index (χ1) is 14.9. The van der Waals surface area contributed by atoms with E-state index >= 15 is 0 Å². The van der Waals surface area contributed by atoms with Crippen LogP contribution in [0.15, 0.2) is 53.2 Å². The zero-order valence-electron chi connectivity index (χ0n) is 16.9. The fourth-order valence-electron chi connectivity index (χ4n) is 3.46. The first kappa shape index (κ1) is 20.1. The molecule has 0 saturated heterocycles. The second-order valence-electron chi connectivity index (χ2n) is 7.13. The molecule has 1 N–H and O–H groups in total. The van der Waals surface area contributed by atoms with Crippen molar-refractivity contribution in [3.8, 4) is 23.6 Å². The fourth-order valence-corrected chi connectivity index (χ4v) is 3.46. The molecule has 0 radical (unpaired) electrons. The first-order valence-electron chi connectivity index (χ1n) is 9.47. The Morgan fingerprint density at radius 3 is 2.68 bits per heavy atom. The van der Waals surface area contributed by atoms with Crippen LogP contribution >= 0.6 is 0 Å². The number of carbonyl (C=O) groups excluding carboxylic acids is 2. The molecule has 0 bridgehead atoms. The number of aromatic amines is 1. The fraction of sp³-hybridized carbons (Fsp3) is 0.125. The lowest BCUT2D eigenvalue weighted by atomic mass is 9.97. The molecule has 0 unspecified atom stereocenters. The maximum absolute atomic E-state index is 13.4. The third-order valence-corrected chi connectivity index (χ3v) is 5.06. The maximum Gasteiger partial charge on any atom is 0.254 e. The van der Waals surface area contributed by atoms with Crippen molar-refractivity contribution in [2.45, 2.75) is 6.92 Å². The van der Waals surface area contributed by atoms with Crippen molar-refractivity contribution in [3.63, 3.8) is 0 Å². The first-order valence-corrected chi connectivity index (χ1v) is 9.47. The van der Waals surface area contributed by atoms with Crippen molar-refractivity contribution >= 4 is 22.6 Å². The van der Waals surface area contributed by atoms with Crippen molar-refractivity contribution in [3.05, 3.63) is 76.9 Å². The van der Waals surface area contributed by atoms with Gasteiger partial charge in [-0.1, -0.05) is 17.1 Å². The van der Waals surface area contributed by atoms with Gasteiger partial charge in [0.15, 0.2) is 0 Å². The predicted molar refractivity (Wildman–Crippen MR) is 114 cm³/mol. The molecule has 2 aromatic carbocycles. The molecule has 0 aliphatic carbocycles. The SMILES string of the molecule is C#CCN(C)C(=O)c1ccc2c(C(=O)c3c(-c4ccc(F)cc4)noc3C)c[nH]c2c1. The zero-order valence-corrected chi connectivity index (χ0v) is 16.9. The average Bonchev–Trinajstić information content (AvgIpc) is 3.36. The summed E-state index contributed by atoms with van der Waals surface area (Å²) in [6, 6.07) is 10.7. The summed E-state index contributed by atoms with van der Waals surface area (Å²) in [5.41, 5.74) is 2.74. The number of amides is 1. The molecule has 6 nitrogen and oxygen atoms in total. The largest absolute Gasteiger partial charge is 0.360 e. The van der Waals surface area contributed by atoms with E-state index in [4.69, 9.17) is 10.9 Å². The van der Waals surface area contributed by atoms with Crippen LogP contribution in [0.4, 0.5) is 4.39 Å². The normalized spacial score (nSPS) is 10.8. The summed E-state index contributed by atoms with van der Waals surface area (Å²) in [6.07, 6.45) is 6.86.